The van der Waals surface area contributed by atoms with Gasteiger partial charge in [-0.15, -0.1) is 11.3 Å². The van der Waals surface area contributed by atoms with Crippen LogP contribution in [0.15, 0.2) is 36.7 Å². The highest BCUT2D eigenvalue weighted by atomic mass is 79.9. The second kappa shape index (κ2) is 6.05. The van der Waals surface area contributed by atoms with Gasteiger partial charge in [0.05, 0.1) is 21.1 Å². The summed E-state index contributed by atoms with van der Waals surface area (Å²) >= 11 is 7.83. The van der Waals surface area contributed by atoms with Crippen molar-refractivity contribution in [3.8, 4) is 5.75 Å². The number of sulfonamides is 1. The van der Waals surface area contributed by atoms with E-state index in [4.69, 9.17) is 4.74 Å². The van der Waals surface area contributed by atoms with Crippen LogP contribution in [0.5, 0.6) is 5.75 Å². The van der Waals surface area contributed by atoms with E-state index >= 15 is 0 Å². The number of nitrogens with one attached hydrogen (secondary N) is 1. The van der Waals surface area contributed by atoms with E-state index < -0.39 is 10.0 Å². The fourth-order valence-corrected chi connectivity index (χ4v) is 5.18. The number of ether oxygens (including phenoxy) is 1. The minimum Gasteiger partial charge on any atom is -0.495 e. The highest BCUT2D eigenvalue weighted by Crippen LogP contribution is 2.33. The van der Waals surface area contributed by atoms with E-state index in [0.717, 1.165) is 13.8 Å². The van der Waals surface area contributed by atoms with Gasteiger partial charge in [0, 0.05) is 6.07 Å². The monoisotopic (exact) mass is 439 g/mol. The summed E-state index contributed by atoms with van der Waals surface area (Å²) in [5.41, 5.74) is 1.34. The molecule has 0 aliphatic rings. The van der Waals surface area contributed by atoms with Gasteiger partial charge < -0.3 is 4.74 Å². The van der Waals surface area contributed by atoms with E-state index in [2.05, 4.69) is 36.6 Å². The zero-order valence-corrected chi connectivity index (χ0v) is 15.4. The van der Waals surface area contributed by atoms with Crippen molar-refractivity contribution in [3.05, 3.63) is 38.1 Å². The van der Waals surface area contributed by atoms with Gasteiger partial charge >= 0.3 is 0 Å². The number of benzene rings is 1. The van der Waals surface area contributed by atoms with Crippen molar-refractivity contribution in [2.24, 2.45) is 0 Å². The Morgan fingerprint density at radius 1 is 1.25 bits per heavy atom. The summed E-state index contributed by atoms with van der Waals surface area (Å²) in [6.45, 7) is 1.85. The molecule has 0 aliphatic carbocycles. The minimum atomic E-state index is -3.59. The van der Waals surface area contributed by atoms with Crippen LogP contribution in [0.3, 0.4) is 0 Å². The Balaban J connectivity index is 2.33. The third-order valence-electron chi connectivity index (χ3n) is 2.50. The smallest absolute Gasteiger partial charge is 0.271 e. The van der Waals surface area contributed by atoms with E-state index in [-0.39, 0.29) is 4.21 Å². The highest BCUT2D eigenvalue weighted by molar-refractivity contribution is 9.11. The molecule has 1 aromatic heterocycles. The zero-order valence-electron chi connectivity index (χ0n) is 10.6. The lowest BCUT2D eigenvalue weighted by molar-refractivity contribution is 0.412. The van der Waals surface area contributed by atoms with Crippen molar-refractivity contribution in [3.63, 3.8) is 0 Å². The Hall–Kier alpha value is -0.570. The summed E-state index contributed by atoms with van der Waals surface area (Å²) in [5, 5.41) is 0. The maximum atomic E-state index is 12.3. The molecule has 0 radical (unpaired) electrons. The second-order valence-corrected chi connectivity index (χ2v) is 9.11. The maximum Gasteiger partial charge on any atom is 0.271 e. The summed E-state index contributed by atoms with van der Waals surface area (Å²) < 4.78 is 34.1. The summed E-state index contributed by atoms with van der Waals surface area (Å²) in [4.78, 5) is 0. The Bertz CT molecular complexity index is 722. The van der Waals surface area contributed by atoms with Gasteiger partial charge in [0.15, 0.2) is 0 Å². The lowest BCUT2D eigenvalue weighted by Crippen LogP contribution is -2.11. The van der Waals surface area contributed by atoms with Gasteiger partial charge in [0.2, 0.25) is 0 Å². The molecule has 1 aromatic carbocycles. The van der Waals surface area contributed by atoms with Crippen molar-refractivity contribution < 1.29 is 13.2 Å². The first-order chi connectivity index (χ1) is 9.33. The number of anilines is 1. The van der Waals surface area contributed by atoms with Crippen molar-refractivity contribution in [2.45, 2.75) is 11.1 Å². The molecule has 2 rings (SSSR count). The fraction of sp³-hybridized carbons (Fsp3) is 0.167. The third-order valence-corrected chi connectivity index (χ3v) is 7.15. The highest BCUT2D eigenvalue weighted by Gasteiger charge is 2.18. The number of halogens is 2. The van der Waals surface area contributed by atoms with Crippen molar-refractivity contribution in [1.29, 1.82) is 0 Å². The summed E-state index contributed by atoms with van der Waals surface area (Å²) in [6.07, 6.45) is 0. The van der Waals surface area contributed by atoms with Gasteiger partial charge in [-0.1, -0.05) is 0 Å². The zero-order chi connectivity index (χ0) is 14.9. The molecule has 0 bridgehead atoms. The lowest BCUT2D eigenvalue weighted by atomic mass is 10.3. The first-order valence-electron chi connectivity index (χ1n) is 5.46. The van der Waals surface area contributed by atoms with Crippen LogP contribution < -0.4 is 9.46 Å². The van der Waals surface area contributed by atoms with E-state index in [9.17, 15) is 8.42 Å². The Morgan fingerprint density at radius 2 is 1.95 bits per heavy atom. The number of thiophene rings is 1. The van der Waals surface area contributed by atoms with Gasteiger partial charge in [-0.3, -0.25) is 4.72 Å². The number of aryl methyl sites for hydroxylation is 1. The molecule has 0 saturated heterocycles. The van der Waals surface area contributed by atoms with Crippen LogP contribution in [0, 0.1) is 6.92 Å². The molecule has 4 nitrogen and oxygen atoms in total. The molecule has 20 heavy (non-hydrogen) atoms. The molecule has 1 heterocycles. The van der Waals surface area contributed by atoms with Gasteiger partial charge in [-0.2, -0.15) is 0 Å². The van der Waals surface area contributed by atoms with Gasteiger partial charge in [0.25, 0.3) is 10.0 Å². The number of hydrogen-bond acceptors (Lipinski definition) is 4. The van der Waals surface area contributed by atoms with Crippen molar-refractivity contribution in [1.82, 2.24) is 0 Å². The van der Waals surface area contributed by atoms with Crippen LogP contribution in [-0.2, 0) is 10.0 Å². The summed E-state index contributed by atoms with van der Waals surface area (Å²) in [6, 6.07) is 6.65. The first kappa shape index (κ1) is 15.8. The molecule has 0 atom stereocenters. The number of rotatable bonds is 4. The van der Waals surface area contributed by atoms with E-state index in [1.807, 2.05) is 6.92 Å². The number of methoxy groups -OCH3 is 1. The Labute approximate surface area is 138 Å². The van der Waals surface area contributed by atoms with Gasteiger partial charge in [0.1, 0.15) is 9.96 Å². The van der Waals surface area contributed by atoms with Crippen LogP contribution in [0.4, 0.5) is 5.69 Å². The lowest BCUT2D eigenvalue weighted by Gasteiger charge is -2.09. The molecule has 0 saturated carbocycles. The molecule has 0 aliphatic heterocycles. The van der Waals surface area contributed by atoms with Crippen LogP contribution in [0.25, 0.3) is 0 Å². The summed E-state index contributed by atoms with van der Waals surface area (Å²) in [5.74, 6) is 0.564. The largest absolute Gasteiger partial charge is 0.495 e. The summed E-state index contributed by atoms with van der Waals surface area (Å²) in [7, 11) is -2.06. The first-order valence-corrected chi connectivity index (χ1v) is 9.34. The van der Waals surface area contributed by atoms with Crippen molar-refractivity contribution in [2.75, 3.05) is 11.8 Å². The average Bonchev–Trinajstić information content (AvgIpc) is 2.72. The molecule has 108 valence electrons. The van der Waals surface area contributed by atoms with Crippen LogP contribution in [0.2, 0.25) is 0 Å². The van der Waals surface area contributed by atoms with Gasteiger partial charge in [-0.25, -0.2) is 8.42 Å². The molecular weight excluding hydrogens is 430 g/mol. The van der Waals surface area contributed by atoms with Crippen LogP contribution in [0.1, 0.15) is 5.56 Å². The van der Waals surface area contributed by atoms with E-state index in [1.165, 1.54) is 18.4 Å². The van der Waals surface area contributed by atoms with Gasteiger partial charge in [-0.05, 0) is 62.5 Å². The van der Waals surface area contributed by atoms with Crippen molar-refractivity contribution >= 4 is 58.9 Å². The molecule has 0 spiro atoms. The predicted octanol–water partition coefficient (Wildman–Crippen LogP) is 4.39. The molecule has 2 aromatic rings. The quantitative estimate of drug-likeness (QED) is 0.766. The molecular formula is C12H11Br2NO3S2. The van der Waals surface area contributed by atoms with Crippen LogP contribution >= 0.6 is 43.2 Å². The predicted molar refractivity (Wildman–Crippen MR) is 88.3 cm³/mol. The topological polar surface area (TPSA) is 55.4 Å². The molecule has 8 heteroatoms. The Kier molecular flexibility index (Phi) is 4.78. The fourth-order valence-electron chi connectivity index (χ4n) is 1.49. The van der Waals surface area contributed by atoms with E-state index in [0.29, 0.717) is 11.4 Å². The normalized spacial score (nSPS) is 11.4. The Morgan fingerprint density at radius 3 is 2.50 bits per heavy atom. The molecule has 0 amide bonds. The molecule has 0 unspecified atom stereocenters. The maximum absolute atomic E-state index is 12.3. The standard InChI is InChI=1S/C12H11Br2NO3S2/c1-7-5-11(19-12(7)14)20(16,17)15-8-3-4-9(13)10(6-8)18-2/h3-6,15H,1-2H3. The molecule has 1 N–H and O–H groups in total. The van der Waals surface area contributed by atoms with Crippen LogP contribution in [-0.4, -0.2) is 15.5 Å². The minimum absolute atomic E-state index is 0.267. The number of hydrogen-bond donors (Lipinski definition) is 1. The van der Waals surface area contributed by atoms with E-state index in [1.54, 1.807) is 24.3 Å². The SMILES string of the molecule is COc1cc(NS(=O)(=O)c2cc(C)c(Br)s2)ccc1Br. The molecule has 0 fully saturated rings. The average molecular weight is 441 g/mol. The second-order valence-electron chi connectivity index (χ2n) is 3.98. The third kappa shape index (κ3) is 3.36.